The van der Waals surface area contributed by atoms with Gasteiger partial charge in [-0.1, -0.05) is 0 Å². The molecular formula is C21H18N4O5. The Morgan fingerprint density at radius 3 is 2.63 bits per heavy atom. The summed E-state index contributed by atoms with van der Waals surface area (Å²) in [6, 6.07) is 10.3. The highest BCUT2D eigenvalue weighted by molar-refractivity contribution is 6.00. The third-order valence-corrected chi connectivity index (χ3v) is 4.49. The summed E-state index contributed by atoms with van der Waals surface area (Å²) >= 11 is 0. The van der Waals surface area contributed by atoms with Crippen LogP contribution in [-0.2, 0) is 21.4 Å². The summed E-state index contributed by atoms with van der Waals surface area (Å²) in [6.07, 6.45) is 1.33. The average Bonchev–Trinajstić information content (AvgIpc) is 3.03. The van der Waals surface area contributed by atoms with E-state index in [0.29, 0.717) is 47.4 Å². The van der Waals surface area contributed by atoms with Crippen LogP contribution in [0.2, 0.25) is 0 Å². The number of carbonyl (C=O) groups excluding carboxylic acids is 2. The summed E-state index contributed by atoms with van der Waals surface area (Å²) in [7, 11) is 1.71. The number of amides is 1. The lowest BCUT2D eigenvalue weighted by Gasteiger charge is -2.19. The molecule has 152 valence electrons. The number of nitriles is 2. The van der Waals surface area contributed by atoms with E-state index in [9.17, 15) is 14.9 Å². The van der Waals surface area contributed by atoms with Gasteiger partial charge in [0.15, 0.2) is 18.1 Å². The molecule has 0 atom stereocenters. The Morgan fingerprint density at radius 2 is 1.97 bits per heavy atom. The molecule has 0 unspecified atom stereocenters. The van der Waals surface area contributed by atoms with E-state index in [1.54, 1.807) is 48.9 Å². The summed E-state index contributed by atoms with van der Waals surface area (Å²) in [5, 5.41) is 20.9. The SMILES string of the molecule is Cc1c(C=C(C#N)C(=O)OCC(=O)Nc2ccc3c(c2)OCCO3)cc(C#N)n1C. The van der Waals surface area contributed by atoms with Crippen LogP contribution in [0.3, 0.4) is 0 Å². The van der Waals surface area contributed by atoms with Crippen molar-refractivity contribution in [2.24, 2.45) is 7.05 Å². The Bertz CT molecular complexity index is 1120. The number of anilines is 1. The van der Waals surface area contributed by atoms with Crippen molar-refractivity contribution in [3.05, 3.63) is 46.8 Å². The molecule has 2 heterocycles. The van der Waals surface area contributed by atoms with Crippen LogP contribution in [0.1, 0.15) is 17.0 Å². The molecular weight excluding hydrogens is 388 g/mol. The Kier molecular flexibility index (Phi) is 6.04. The second-order valence-corrected chi connectivity index (χ2v) is 6.39. The van der Waals surface area contributed by atoms with E-state index in [1.807, 2.05) is 6.07 Å². The molecule has 0 radical (unpaired) electrons. The Balaban J connectivity index is 1.62. The highest BCUT2D eigenvalue weighted by atomic mass is 16.6. The number of ether oxygens (including phenoxy) is 3. The van der Waals surface area contributed by atoms with Gasteiger partial charge in [0, 0.05) is 24.5 Å². The fourth-order valence-corrected chi connectivity index (χ4v) is 2.80. The largest absolute Gasteiger partial charge is 0.486 e. The molecule has 2 aromatic rings. The van der Waals surface area contributed by atoms with E-state index in [0.717, 1.165) is 0 Å². The molecule has 1 aliphatic rings. The van der Waals surface area contributed by atoms with E-state index in [4.69, 9.17) is 19.5 Å². The van der Waals surface area contributed by atoms with E-state index < -0.39 is 18.5 Å². The van der Waals surface area contributed by atoms with Crippen LogP contribution in [0, 0.1) is 29.6 Å². The minimum absolute atomic E-state index is 0.277. The maximum absolute atomic E-state index is 12.2. The van der Waals surface area contributed by atoms with Crippen LogP contribution >= 0.6 is 0 Å². The summed E-state index contributed by atoms with van der Waals surface area (Å²) in [6.45, 7) is 2.07. The zero-order valence-electron chi connectivity index (χ0n) is 16.4. The van der Waals surface area contributed by atoms with Crippen LogP contribution in [0.5, 0.6) is 11.5 Å². The molecule has 1 aliphatic heterocycles. The van der Waals surface area contributed by atoms with Crippen molar-refractivity contribution in [1.82, 2.24) is 4.57 Å². The number of nitrogens with one attached hydrogen (secondary N) is 1. The zero-order chi connectivity index (χ0) is 21.7. The quantitative estimate of drug-likeness (QED) is 0.457. The normalized spacial score (nSPS) is 12.5. The highest BCUT2D eigenvalue weighted by Gasteiger charge is 2.17. The van der Waals surface area contributed by atoms with E-state index >= 15 is 0 Å². The topological polar surface area (TPSA) is 126 Å². The molecule has 1 aromatic heterocycles. The Hall–Kier alpha value is -4.24. The molecule has 30 heavy (non-hydrogen) atoms. The van der Waals surface area contributed by atoms with Gasteiger partial charge in [0.1, 0.15) is 36.6 Å². The lowest BCUT2D eigenvalue weighted by atomic mass is 10.1. The standard InChI is InChI=1S/C21H18N4O5/c1-13-14(8-17(11-23)25(13)2)7-15(10-22)21(27)30-12-20(26)24-16-3-4-18-19(9-16)29-6-5-28-18/h3-4,7-9H,5-6,12H2,1-2H3,(H,24,26). The molecule has 1 N–H and O–H groups in total. The number of nitrogens with zero attached hydrogens (tertiary/aromatic N) is 3. The number of hydrogen-bond donors (Lipinski definition) is 1. The lowest BCUT2D eigenvalue weighted by molar-refractivity contribution is -0.142. The van der Waals surface area contributed by atoms with Gasteiger partial charge in [-0.25, -0.2) is 4.79 Å². The molecule has 1 amide bonds. The molecule has 0 fully saturated rings. The van der Waals surface area contributed by atoms with E-state index in [-0.39, 0.29) is 5.57 Å². The summed E-state index contributed by atoms with van der Waals surface area (Å²) < 4.78 is 17.5. The maximum Gasteiger partial charge on any atom is 0.349 e. The third kappa shape index (κ3) is 4.42. The van der Waals surface area contributed by atoms with Gasteiger partial charge in [-0.05, 0) is 36.8 Å². The fourth-order valence-electron chi connectivity index (χ4n) is 2.80. The summed E-state index contributed by atoms with van der Waals surface area (Å²) in [4.78, 5) is 24.3. The molecule has 0 bridgehead atoms. The van der Waals surface area contributed by atoms with Crippen molar-refractivity contribution in [2.75, 3.05) is 25.1 Å². The Labute approximate surface area is 172 Å². The van der Waals surface area contributed by atoms with Crippen molar-refractivity contribution in [2.45, 2.75) is 6.92 Å². The second-order valence-electron chi connectivity index (χ2n) is 6.39. The maximum atomic E-state index is 12.2. The first-order valence-electron chi connectivity index (χ1n) is 8.97. The van der Waals surface area contributed by atoms with Crippen molar-refractivity contribution in [3.63, 3.8) is 0 Å². The van der Waals surface area contributed by atoms with E-state index in [1.165, 1.54) is 6.08 Å². The predicted octanol–water partition coefficient (Wildman–Crippen LogP) is 2.07. The number of benzene rings is 1. The van der Waals surface area contributed by atoms with Gasteiger partial charge < -0.3 is 24.1 Å². The lowest BCUT2D eigenvalue weighted by Crippen LogP contribution is -2.21. The minimum atomic E-state index is -0.934. The number of esters is 1. The average molecular weight is 406 g/mol. The monoisotopic (exact) mass is 406 g/mol. The van der Waals surface area contributed by atoms with Gasteiger partial charge >= 0.3 is 5.97 Å². The van der Waals surface area contributed by atoms with Crippen molar-refractivity contribution < 1.29 is 23.8 Å². The van der Waals surface area contributed by atoms with Gasteiger partial charge in [0.2, 0.25) is 0 Å². The van der Waals surface area contributed by atoms with Crippen molar-refractivity contribution in [1.29, 1.82) is 10.5 Å². The van der Waals surface area contributed by atoms with Crippen LogP contribution in [-0.4, -0.2) is 36.3 Å². The minimum Gasteiger partial charge on any atom is -0.486 e. The number of fused-ring (bicyclic) bond motifs is 1. The Morgan fingerprint density at radius 1 is 1.23 bits per heavy atom. The highest BCUT2D eigenvalue weighted by Crippen LogP contribution is 2.32. The van der Waals surface area contributed by atoms with Crippen LogP contribution in [0.4, 0.5) is 5.69 Å². The van der Waals surface area contributed by atoms with Crippen molar-refractivity contribution in [3.8, 4) is 23.6 Å². The number of aromatic nitrogens is 1. The fraction of sp³-hybridized carbons (Fsp3) is 0.238. The van der Waals surface area contributed by atoms with Crippen LogP contribution < -0.4 is 14.8 Å². The number of rotatable bonds is 5. The summed E-state index contributed by atoms with van der Waals surface area (Å²) in [5.41, 5.74) is 1.83. The number of carbonyl (C=O) groups is 2. The molecule has 0 aliphatic carbocycles. The van der Waals surface area contributed by atoms with Gasteiger partial charge in [-0.2, -0.15) is 10.5 Å². The van der Waals surface area contributed by atoms with Gasteiger partial charge in [0.05, 0.1) is 0 Å². The molecule has 9 nitrogen and oxygen atoms in total. The second kappa shape index (κ2) is 8.84. The molecule has 0 saturated carbocycles. The van der Waals surface area contributed by atoms with Gasteiger partial charge in [-0.3, -0.25) is 4.79 Å². The molecule has 0 spiro atoms. The first-order valence-corrected chi connectivity index (χ1v) is 8.97. The summed E-state index contributed by atoms with van der Waals surface area (Å²) in [5.74, 6) is -0.400. The van der Waals surface area contributed by atoms with E-state index in [2.05, 4.69) is 5.32 Å². The molecule has 9 heteroatoms. The predicted molar refractivity (Wildman–Crippen MR) is 105 cm³/mol. The van der Waals surface area contributed by atoms with Gasteiger partial charge in [-0.15, -0.1) is 0 Å². The van der Waals surface area contributed by atoms with Crippen LogP contribution in [0.25, 0.3) is 6.08 Å². The first-order chi connectivity index (χ1) is 14.4. The zero-order valence-corrected chi connectivity index (χ0v) is 16.4. The molecule has 0 saturated heterocycles. The smallest absolute Gasteiger partial charge is 0.349 e. The number of hydrogen-bond acceptors (Lipinski definition) is 7. The molecule has 1 aromatic carbocycles. The molecule has 3 rings (SSSR count). The van der Waals surface area contributed by atoms with Gasteiger partial charge in [0.25, 0.3) is 5.91 Å². The van der Waals surface area contributed by atoms with Crippen LogP contribution in [0.15, 0.2) is 29.8 Å². The first kappa shape index (κ1) is 20.5. The third-order valence-electron chi connectivity index (χ3n) is 4.49. The van der Waals surface area contributed by atoms with Crippen molar-refractivity contribution >= 4 is 23.6 Å².